The maximum atomic E-state index is 6.05. The summed E-state index contributed by atoms with van der Waals surface area (Å²) in [5.74, 6) is 1.34. The first kappa shape index (κ1) is 8.96. The lowest BCUT2D eigenvalue weighted by Gasteiger charge is -2.07. The van der Waals surface area contributed by atoms with Crippen molar-refractivity contribution in [3.8, 4) is 0 Å². The van der Waals surface area contributed by atoms with Crippen molar-refractivity contribution in [2.45, 2.75) is 31.7 Å². The van der Waals surface area contributed by atoms with Crippen LogP contribution in [0.25, 0.3) is 0 Å². The van der Waals surface area contributed by atoms with E-state index in [4.69, 9.17) is 5.73 Å². The molecule has 0 aromatic heterocycles. The van der Waals surface area contributed by atoms with E-state index >= 15 is 0 Å². The molecule has 1 aromatic carbocycles. The summed E-state index contributed by atoms with van der Waals surface area (Å²) in [6.45, 7) is 0. The number of benzene rings is 1. The number of amidine groups is 1. The molecule has 3 rings (SSSR count). The highest BCUT2D eigenvalue weighted by atomic mass is 14.9. The molecule has 0 radical (unpaired) electrons. The second kappa shape index (κ2) is 3.37. The summed E-state index contributed by atoms with van der Waals surface area (Å²) in [6, 6.07) is 9.18. The van der Waals surface area contributed by atoms with Gasteiger partial charge in [-0.25, -0.2) is 0 Å². The Labute approximate surface area is 90.2 Å². The molecule has 2 N–H and O–H groups in total. The lowest BCUT2D eigenvalue weighted by atomic mass is 10.1. The van der Waals surface area contributed by atoms with Crippen LogP contribution in [0.3, 0.4) is 0 Å². The smallest absolute Gasteiger partial charge is 0.0978 e. The summed E-state index contributed by atoms with van der Waals surface area (Å²) in [5.41, 5.74) is 8.96. The number of rotatable bonds is 2. The number of aliphatic imine (C=N–C) groups is 1. The normalized spacial score (nSPS) is 21.7. The molecule has 2 aliphatic carbocycles. The van der Waals surface area contributed by atoms with Gasteiger partial charge in [-0.1, -0.05) is 24.3 Å². The standard InChI is InChI=1S/C13H16N2/c14-13(15-12-5-6-12)11-7-9-3-1-2-4-10(9)8-11/h1-4,11-12H,5-8H2,(H2,14,15). The molecule has 0 atom stereocenters. The van der Waals surface area contributed by atoms with Crippen LogP contribution >= 0.6 is 0 Å². The molecule has 0 unspecified atom stereocenters. The Morgan fingerprint density at radius 3 is 2.27 bits per heavy atom. The summed E-state index contributed by atoms with van der Waals surface area (Å²) >= 11 is 0. The van der Waals surface area contributed by atoms with Crippen molar-refractivity contribution in [1.82, 2.24) is 0 Å². The van der Waals surface area contributed by atoms with Gasteiger partial charge in [-0.2, -0.15) is 0 Å². The molecule has 2 heteroatoms. The van der Waals surface area contributed by atoms with Crippen molar-refractivity contribution in [1.29, 1.82) is 0 Å². The molecule has 2 aliphatic rings. The van der Waals surface area contributed by atoms with E-state index in [1.54, 1.807) is 0 Å². The Balaban J connectivity index is 1.77. The first-order valence-corrected chi connectivity index (χ1v) is 5.73. The first-order valence-electron chi connectivity index (χ1n) is 5.73. The highest BCUT2D eigenvalue weighted by Crippen LogP contribution is 2.29. The number of nitrogens with zero attached hydrogens (tertiary/aromatic N) is 1. The van der Waals surface area contributed by atoms with Crippen molar-refractivity contribution in [3.05, 3.63) is 35.4 Å². The van der Waals surface area contributed by atoms with Crippen LogP contribution in [0.1, 0.15) is 24.0 Å². The zero-order chi connectivity index (χ0) is 10.3. The van der Waals surface area contributed by atoms with Gasteiger partial charge in [-0.15, -0.1) is 0 Å². The fourth-order valence-electron chi connectivity index (χ4n) is 2.29. The second-order valence-electron chi connectivity index (χ2n) is 4.66. The number of hydrogen-bond donors (Lipinski definition) is 1. The van der Waals surface area contributed by atoms with E-state index in [1.807, 2.05) is 0 Å². The predicted octanol–water partition coefficient (Wildman–Crippen LogP) is 1.92. The van der Waals surface area contributed by atoms with Gasteiger partial charge in [0, 0.05) is 5.92 Å². The third-order valence-corrected chi connectivity index (χ3v) is 3.35. The molecule has 0 saturated heterocycles. The SMILES string of the molecule is NC(=NC1CC1)C1Cc2ccccc2C1. The number of nitrogens with two attached hydrogens (primary N) is 1. The van der Waals surface area contributed by atoms with Gasteiger partial charge in [0.2, 0.25) is 0 Å². The monoisotopic (exact) mass is 200 g/mol. The summed E-state index contributed by atoms with van der Waals surface area (Å²) in [6.07, 6.45) is 4.64. The van der Waals surface area contributed by atoms with Gasteiger partial charge in [-0.3, -0.25) is 4.99 Å². The highest BCUT2D eigenvalue weighted by molar-refractivity contribution is 5.84. The van der Waals surface area contributed by atoms with E-state index in [2.05, 4.69) is 29.3 Å². The molecule has 78 valence electrons. The average molecular weight is 200 g/mol. The average Bonchev–Trinajstić information content (AvgIpc) is 2.95. The van der Waals surface area contributed by atoms with Gasteiger partial charge in [0.25, 0.3) is 0 Å². The second-order valence-corrected chi connectivity index (χ2v) is 4.66. The summed E-state index contributed by atoms with van der Waals surface area (Å²) < 4.78 is 0. The van der Waals surface area contributed by atoms with Crippen LogP contribution in [0.4, 0.5) is 0 Å². The van der Waals surface area contributed by atoms with Crippen molar-refractivity contribution in [2.24, 2.45) is 16.6 Å². The van der Waals surface area contributed by atoms with Crippen LogP contribution in [-0.4, -0.2) is 11.9 Å². The van der Waals surface area contributed by atoms with Gasteiger partial charge in [-0.05, 0) is 36.8 Å². The lowest BCUT2D eigenvalue weighted by Crippen LogP contribution is -2.24. The van der Waals surface area contributed by atoms with Crippen molar-refractivity contribution < 1.29 is 0 Å². The zero-order valence-electron chi connectivity index (χ0n) is 8.82. The minimum absolute atomic E-state index is 0.461. The largest absolute Gasteiger partial charge is 0.387 e. The van der Waals surface area contributed by atoms with Crippen LogP contribution in [0.2, 0.25) is 0 Å². The molecular weight excluding hydrogens is 184 g/mol. The minimum atomic E-state index is 0.461. The van der Waals surface area contributed by atoms with Crippen LogP contribution < -0.4 is 5.73 Å². The molecule has 2 nitrogen and oxygen atoms in total. The van der Waals surface area contributed by atoms with Crippen molar-refractivity contribution in [2.75, 3.05) is 0 Å². The zero-order valence-corrected chi connectivity index (χ0v) is 8.82. The van der Waals surface area contributed by atoms with Crippen LogP contribution in [-0.2, 0) is 12.8 Å². The molecule has 0 bridgehead atoms. The van der Waals surface area contributed by atoms with Crippen LogP contribution in [0.5, 0.6) is 0 Å². The maximum Gasteiger partial charge on any atom is 0.0978 e. The van der Waals surface area contributed by atoms with Gasteiger partial charge in [0.1, 0.15) is 0 Å². The number of hydrogen-bond acceptors (Lipinski definition) is 1. The minimum Gasteiger partial charge on any atom is -0.387 e. The number of fused-ring (bicyclic) bond motifs is 1. The topological polar surface area (TPSA) is 38.4 Å². The van der Waals surface area contributed by atoms with Crippen LogP contribution in [0, 0.1) is 5.92 Å². The van der Waals surface area contributed by atoms with E-state index in [-0.39, 0.29) is 0 Å². The molecule has 1 saturated carbocycles. The fraction of sp³-hybridized carbons (Fsp3) is 0.462. The lowest BCUT2D eigenvalue weighted by molar-refractivity contribution is 0.733. The van der Waals surface area contributed by atoms with E-state index in [9.17, 15) is 0 Å². The fourth-order valence-corrected chi connectivity index (χ4v) is 2.29. The quantitative estimate of drug-likeness (QED) is 0.575. The molecule has 0 heterocycles. The molecule has 0 amide bonds. The Kier molecular flexibility index (Phi) is 2.01. The van der Waals surface area contributed by atoms with E-state index < -0.39 is 0 Å². The third-order valence-electron chi connectivity index (χ3n) is 3.35. The van der Waals surface area contributed by atoms with E-state index in [1.165, 1.54) is 24.0 Å². The Hall–Kier alpha value is -1.31. The maximum absolute atomic E-state index is 6.05. The molecule has 1 aromatic rings. The van der Waals surface area contributed by atoms with Gasteiger partial charge in [0.15, 0.2) is 0 Å². The molecular formula is C13H16N2. The predicted molar refractivity (Wildman–Crippen MR) is 62.0 cm³/mol. The highest BCUT2D eigenvalue weighted by Gasteiger charge is 2.26. The van der Waals surface area contributed by atoms with Crippen molar-refractivity contribution >= 4 is 5.84 Å². The Bertz CT molecular complexity index is 380. The molecule has 1 fully saturated rings. The third kappa shape index (κ3) is 1.76. The van der Waals surface area contributed by atoms with Gasteiger partial charge < -0.3 is 5.73 Å². The van der Waals surface area contributed by atoms with Gasteiger partial charge >= 0.3 is 0 Å². The molecule has 0 spiro atoms. The summed E-state index contributed by atoms with van der Waals surface area (Å²) in [4.78, 5) is 4.55. The van der Waals surface area contributed by atoms with Crippen LogP contribution in [0.15, 0.2) is 29.3 Å². The summed E-state index contributed by atoms with van der Waals surface area (Å²) in [5, 5.41) is 0. The van der Waals surface area contributed by atoms with E-state index in [0.29, 0.717) is 12.0 Å². The summed E-state index contributed by atoms with van der Waals surface area (Å²) in [7, 11) is 0. The molecule has 0 aliphatic heterocycles. The van der Waals surface area contributed by atoms with Gasteiger partial charge in [0.05, 0.1) is 11.9 Å². The first-order chi connectivity index (χ1) is 7.33. The van der Waals surface area contributed by atoms with E-state index in [0.717, 1.165) is 18.7 Å². The molecule has 15 heavy (non-hydrogen) atoms. The Morgan fingerprint density at radius 1 is 1.13 bits per heavy atom. The Morgan fingerprint density at radius 2 is 1.73 bits per heavy atom. The van der Waals surface area contributed by atoms with Crippen molar-refractivity contribution in [3.63, 3.8) is 0 Å².